The minimum absolute atomic E-state index is 0.0539. The molecule has 2 N–H and O–H groups in total. The molecule has 3 aromatic rings. The number of nitro benzene ring substituents is 1. The highest BCUT2D eigenvalue weighted by Crippen LogP contribution is 2.32. The number of nitro groups is 1. The molecule has 148 valence electrons. The van der Waals surface area contributed by atoms with E-state index in [9.17, 15) is 20.0 Å². The highest BCUT2D eigenvalue weighted by Gasteiger charge is 2.20. The average molecular weight is 413 g/mol. The van der Waals surface area contributed by atoms with Gasteiger partial charge >= 0.3 is 5.69 Å². The van der Waals surface area contributed by atoms with E-state index in [4.69, 9.17) is 16.3 Å². The summed E-state index contributed by atoms with van der Waals surface area (Å²) in [5.41, 5.74) is 1.13. The number of aliphatic hydroxyl groups is 1. The van der Waals surface area contributed by atoms with E-state index in [2.05, 4.69) is 5.32 Å². The lowest BCUT2D eigenvalue weighted by Gasteiger charge is -2.17. The van der Waals surface area contributed by atoms with Gasteiger partial charge in [-0.25, -0.2) is 0 Å². The molecule has 0 fully saturated rings. The van der Waals surface area contributed by atoms with Crippen molar-refractivity contribution in [1.29, 1.82) is 0 Å². The number of halogens is 1. The molecule has 1 amide bonds. The predicted molar refractivity (Wildman–Crippen MR) is 110 cm³/mol. The Morgan fingerprint density at radius 1 is 1.14 bits per heavy atom. The smallest absolute Gasteiger partial charge is 0.311 e. The third kappa shape index (κ3) is 4.53. The first-order chi connectivity index (χ1) is 13.9. The lowest BCUT2D eigenvalue weighted by Crippen LogP contribution is -2.15. The summed E-state index contributed by atoms with van der Waals surface area (Å²) in [6, 6.07) is 17.5. The van der Waals surface area contributed by atoms with Crippen LogP contribution < -0.4 is 10.1 Å². The number of carbonyl (C=O) groups excluding carboxylic acids is 1. The maximum atomic E-state index is 12.7. The third-order valence-corrected chi connectivity index (χ3v) is 4.54. The molecule has 8 heteroatoms. The second-order valence-electron chi connectivity index (χ2n) is 6.14. The summed E-state index contributed by atoms with van der Waals surface area (Å²) in [4.78, 5) is 23.3. The van der Waals surface area contributed by atoms with E-state index >= 15 is 0 Å². The third-order valence-electron chi connectivity index (χ3n) is 4.31. The van der Waals surface area contributed by atoms with Gasteiger partial charge in [-0.2, -0.15) is 0 Å². The summed E-state index contributed by atoms with van der Waals surface area (Å²) in [6.07, 6.45) is -1.02. The van der Waals surface area contributed by atoms with Gasteiger partial charge in [0.25, 0.3) is 5.91 Å². The molecule has 7 nitrogen and oxygen atoms in total. The molecule has 1 unspecified atom stereocenters. The number of hydrogen-bond donors (Lipinski definition) is 2. The van der Waals surface area contributed by atoms with Crippen molar-refractivity contribution in [2.45, 2.75) is 6.10 Å². The largest absolute Gasteiger partial charge is 0.490 e. The SMILES string of the molecule is COc1ccc(C(=O)Nc2ccc(Cl)cc2C(O)c2ccccc2)cc1[N+](=O)[O-]. The molecule has 0 bridgehead atoms. The van der Waals surface area contributed by atoms with Gasteiger partial charge in [0.2, 0.25) is 0 Å². The summed E-state index contributed by atoms with van der Waals surface area (Å²) < 4.78 is 4.95. The molecule has 0 saturated heterocycles. The standard InChI is InChI=1S/C21H17ClN2O5/c1-29-19-10-7-14(11-18(19)24(27)28)21(26)23-17-9-8-15(22)12-16(17)20(25)13-5-3-2-4-6-13/h2-12,20,25H,1H3,(H,23,26). The summed E-state index contributed by atoms with van der Waals surface area (Å²) in [7, 11) is 1.31. The zero-order valence-electron chi connectivity index (χ0n) is 15.3. The van der Waals surface area contributed by atoms with E-state index in [-0.39, 0.29) is 17.0 Å². The van der Waals surface area contributed by atoms with Gasteiger partial charge in [0.05, 0.1) is 12.0 Å². The normalized spacial score (nSPS) is 11.6. The van der Waals surface area contributed by atoms with Crippen molar-refractivity contribution in [2.75, 3.05) is 12.4 Å². The number of carbonyl (C=O) groups is 1. The highest BCUT2D eigenvalue weighted by atomic mass is 35.5. The van der Waals surface area contributed by atoms with Gasteiger partial charge in [-0.1, -0.05) is 41.9 Å². The van der Waals surface area contributed by atoms with E-state index in [1.54, 1.807) is 42.5 Å². The van der Waals surface area contributed by atoms with E-state index in [0.717, 1.165) is 6.07 Å². The lowest BCUT2D eigenvalue weighted by atomic mass is 9.99. The van der Waals surface area contributed by atoms with E-state index in [1.807, 2.05) is 6.07 Å². The fourth-order valence-electron chi connectivity index (χ4n) is 2.86. The van der Waals surface area contributed by atoms with Crippen LogP contribution >= 0.6 is 11.6 Å². The molecule has 3 rings (SSSR count). The van der Waals surface area contributed by atoms with Crippen LogP contribution in [0.3, 0.4) is 0 Å². The number of rotatable bonds is 6. The Hall–Kier alpha value is -3.42. The number of nitrogens with one attached hydrogen (secondary N) is 1. The average Bonchev–Trinajstić information content (AvgIpc) is 2.74. The number of aliphatic hydroxyl groups excluding tert-OH is 1. The van der Waals surface area contributed by atoms with Crippen molar-refractivity contribution in [3.05, 3.63) is 98.6 Å². The van der Waals surface area contributed by atoms with Crippen LogP contribution in [0.5, 0.6) is 5.75 Å². The topological polar surface area (TPSA) is 102 Å². The van der Waals surface area contributed by atoms with Gasteiger partial charge in [-0.3, -0.25) is 14.9 Å². The Morgan fingerprint density at radius 2 is 1.86 bits per heavy atom. The van der Waals surface area contributed by atoms with Crippen LogP contribution in [0.4, 0.5) is 11.4 Å². The second-order valence-corrected chi connectivity index (χ2v) is 6.58. The van der Waals surface area contributed by atoms with Gasteiger partial charge in [-0.15, -0.1) is 0 Å². The first-order valence-electron chi connectivity index (χ1n) is 8.57. The second kappa shape index (κ2) is 8.72. The van der Waals surface area contributed by atoms with Crippen molar-refractivity contribution in [2.24, 2.45) is 0 Å². The number of benzene rings is 3. The Labute approximate surface area is 171 Å². The summed E-state index contributed by atoms with van der Waals surface area (Å²) in [5, 5.41) is 25.0. The lowest BCUT2D eigenvalue weighted by molar-refractivity contribution is -0.385. The van der Waals surface area contributed by atoms with Crippen LogP contribution in [0.2, 0.25) is 5.02 Å². The number of nitrogens with zero attached hydrogens (tertiary/aromatic N) is 1. The number of ether oxygens (including phenoxy) is 1. The van der Waals surface area contributed by atoms with Crippen molar-refractivity contribution < 1.29 is 19.6 Å². The first kappa shape index (κ1) is 20.3. The Bertz CT molecular complexity index is 1060. The summed E-state index contributed by atoms with van der Waals surface area (Å²) in [5.74, 6) is -0.516. The monoisotopic (exact) mass is 412 g/mol. The van der Waals surface area contributed by atoms with Crippen LogP contribution in [-0.4, -0.2) is 23.0 Å². The van der Waals surface area contributed by atoms with Crippen molar-refractivity contribution in [3.8, 4) is 5.75 Å². The van der Waals surface area contributed by atoms with Crippen LogP contribution in [-0.2, 0) is 0 Å². The summed E-state index contributed by atoms with van der Waals surface area (Å²) in [6.45, 7) is 0. The molecule has 0 heterocycles. The van der Waals surface area contributed by atoms with Crippen LogP contribution in [0.25, 0.3) is 0 Å². The van der Waals surface area contributed by atoms with Crippen molar-refractivity contribution in [3.63, 3.8) is 0 Å². The van der Waals surface area contributed by atoms with Crippen LogP contribution in [0.15, 0.2) is 66.7 Å². The van der Waals surface area contributed by atoms with Gasteiger partial charge in [0.1, 0.15) is 6.10 Å². The Morgan fingerprint density at radius 3 is 2.52 bits per heavy atom. The molecule has 1 atom stereocenters. The first-order valence-corrected chi connectivity index (χ1v) is 8.94. The molecule has 0 aliphatic rings. The maximum absolute atomic E-state index is 12.7. The number of amides is 1. The van der Waals surface area contributed by atoms with Gasteiger partial charge in [0, 0.05) is 27.9 Å². The van der Waals surface area contributed by atoms with Crippen LogP contribution in [0.1, 0.15) is 27.6 Å². The highest BCUT2D eigenvalue weighted by molar-refractivity contribution is 6.30. The van der Waals surface area contributed by atoms with Gasteiger partial charge in [-0.05, 0) is 35.9 Å². The fraction of sp³-hybridized carbons (Fsp3) is 0.0952. The molecular weight excluding hydrogens is 396 g/mol. The molecule has 29 heavy (non-hydrogen) atoms. The predicted octanol–water partition coefficient (Wildman–Crippen LogP) is 4.59. The van der Waals surface area contributed by atoms with E-state index in [1.165, 1.54) is 19.2 Å². The number of anilines is 1. The zero-order chi connectivity index (χ0) is 21.0. The zero-order valence-corrected chi connectivity index (χ0v) is 16.1. The Kier molecular flexibility index (Phi) is 6.11. The molecule has 0 aliphatic carbocycles. The van der Waals surface area contributed by atoms with Gasteiger partial charge in [0.15, 0.2) is 5.75 Å². The number of hydrogen-bond acceptors (Lipinski definition) is 5. The summed E-state index contributed by atoms with van der Waals surface area (Å²) >= 11 is 6.08. The van der Waals surface area contributed by atoms with Crippen molar-refractivity contribution in [1.82, 2.24) is 0 Å². The molecule has 0 aliphatic heterocycles. The van der Waals surface area contributed by atoms with Gasteiger partial charge < -0.3 is 15.2 Å². The molecule has 0 spiro atoms. The van der Waals surface area contributed by atoms with Crippen LogP contribution in [0, 0.1) is 10.1 Å². The molecule has 0 saturated carbocycles. The Balaban J connectivity index is 1.94. The molecule has 3 aromatic carbocycles. The van der Waals surface area contributed by atoms with Crippen molar-refractivity contribution >= 4 is 28.9 Å². The molecule has 0 aromatic heterocycles. The fourth-order valence-corrected chi connectivity index (χ4v) is 3.04. The number of methoxy groups -OCH3 is 1. The minimum Gasteiger partial charge on any atom is -0.490 e. The van der Waals surface area contributed by atoms with E-state index in [0.29, 0.717) is 21.8 Å². The maximum Gasteiger partial charge on any atom is 0.311 e. The molecular formula is C21H17ClN2O5. The quantitative estimate of drug-likeness (QED) is 0.455. The molecule has 0 radical (unpaired) electrons. The minimum atomic E-state index is -1.02. The van der Waals surface area contributed by atoms with E-state index < -0.39 is 16.9 Å².